The number of hydrogen-bond donors (Lipinski definition) is 0. The second-order valence-corrected chi connectivity index (χ2v) is 12.0. The first-order valence-electron chi connectivity index (χ1n) is 17.0. The van der Waals surface area contributed by atoms with E-state index in [1.165, 1.54) is 0 Å². The molecule has 0 aromatic heterocycles. The minimum absolute atomic E-state index is 0.236. The second-order valence-electron chi connectivity index (χ2n) is 12.0. The Bertz CT molecular complexity index is 1680. The zero-order valence-corrected chi connectivity index (χ0v) is 28.1. The summed E-state index contributed by atoms with van der Waals surface area (Å²) in [6.07, 6.45) is -1.63. The van der Waals surface area contributed by atoms with E-state index in [9.17, 15) is 0 Å². The molecule has 0 saturated carbocycles. The minimum atomic E-state index is -0.894. The number of benzene rings is 5. The highest BCUT2D eigenvalue weighted by molar-refractivity contribution is 5.39. The molecule has 1 fully saturated rings. The van der Waals surface area contributed by atoms with Gasteiger partial charge in [-0.2, -0.15) is 0 Å². The Labute approximate surface area is 295 Å². The highest BCUT2D eigenvalue weighted by Crippen LogP contribution is 2.35. The number of para-hydroxylation sites is 2. The molecule has 7 heteroatoms. The summed E-state index contributed by atoms with van der Waals surface area (Å²) in [5.41, 5.74) is 4.14. The van der Waals surface area contributed by atoms with Crippen molar-refractivity contribution in [2.24, 2.45) is 0 Å². The van der Waals surface area contributed by atoms with Gasteiger partial charge in [-0.15, -0.1) is 0 Å². The molecule has 0 amide bonds. The molecule has 5 aromatic rings. The van der Waals surface area contributed by atoms with Crippen molar-refractivity contribution in [3.8, 4) is 11.5 Å². The maximum absolute atomic E-state index is 6.82. The van der Waals surface area contributed by atoms with Crippen LogP contribution in [0.3, 0.4) is 0 Å². The van der Waals surface area contributed by atoms with Crippen LogP contribution in [0.25, 0.3) is 0 Å². The van der Waals surface area contributed by atoms with E-state index in [1.54, 1.807) is 6.08 Å². The smallest absolute Gasteiger partial charge is 0.229 e. The molecule has 1 heterocycles. The van der Waals surface area contributed by atoms with E-state index in [0.717, 1.165) is 22.3 Å². The van der Waals surface area contributed by atoms with Gasteiger partial charge in [0.25, 0.3) is 0 Å². The average Bonchev–Trinajstić information content (AvgIpc) is 3.17. The van der Waals surface area contributed by atoms with E-state index >= 15 is 0 Å². The topological polar surface area (TPSA) is 64.6 Å². The van der Waals surface area contributed by atoms with Crippen LogP contribution in [0.1, 0.15) is 22.3 Å². The van der Waals surface area contributed by atoms with Crippen LogP contribution in [0.2, 0.25) is 0 Å². The largest absolute Gasteiger partial charge is 0.486 e. The molecule has 1 aliphatic rings. The molecule has 1 saturated heterocycles. The van der Waals surface area contributed by atoms with Crippen LogP contribution in [0.4, 0.5) is 0 Å². The summed E-state index contributed by atoms with van der Waals surface area (Å²) in [4.78, 5) is 0. The molecule has 0 spiro atoms. The second kappa shape index (κ2) is 18.9. The summed E-state index contributed by atoms with van der Waals surface area (Å²) in [6.45, 7) is 5.78. The summed E-state index contributed by atoms with van der Waals surface area (Å²) < 4.78 is 46.0. The summed E-state index contributed by atoms with van der Waals surface area (Å²) in [5.74, 6) is 1.08. The molecule has 0 unspecified atom stereocenters. The maximum atomic E-state index is 6.82. The van der Waals surface area contributed by atoms with Crippen LogP contribution in [0.15, 0.2) is 158 Å². The van der Waals surface area contributed by atoms with E-state index in [1.807, 2.05) is 146 Å². The first-order valence-corrected chi connectivity index (χ1v) is 17.0. The Hall–Kier alpha value is -4.76. The van der Waals surface area contributed by atoms with Crippen LogP contribution in [0, 0.1) is 0 Å². The standard InChI is InChI=1S/C43H44O7/c1-2-27-45-37-25-15-16-26-38(37)49-43-42(48-31-36-23-13-6-14-24-36)41(47-30-35-21-11-5-12-22-35)40(46-29-34-19-9-4-10-20-34)39(50-43)32-44-28-33-17-7-3-8-18-33/h2-26,39-43H,1,27-32H2/t39-,40-,41+,42+,43+/m1/s1. The molecule has 7 nitrogen and oxygen atoms in total. The summed E-state index contributed by atoms with van der Waals surface area (Å²) in [6, 6.07) is 47.8. The predicted octanol–water partition coefficient (Wildman–Crippen LogP) is 8.33. The van der Waals surface area contributed by atoms with E-state index in [2.05, 4.69) is 6.58 Å². The van der Waals surface area contributed by atoms with Gasteiger partial charge in [0.15, 0.2) is 11.5 Å². The van der Waals surface area contributed by atoms with Gasteiger partial charge in [-0.25, -0.2) is 0 Å². The van der Waals surface area contributed by atoms with Gasteiger partial charge in [-0.3, -0.25) is 0 Å². The molecule has 5 atom stereocenters. The van der Waals surface area contributed by atoms with Gasteiger partial charge >= 0.3 is 0 Å². The van der Waals surface area contributed by atoms with Gasteiger partial charge < -0.3 is 33.2 Å². The molecule has 0 radical (unpaired) electrons. The van der Waals surface area contributed by atoms with E-state index in [4.69, 9.17) is 33.2 Å². The summed E-state index contributed by atoms with van der Waals surface area (Å²) in [5, 5.41) is 0. The maximum Gasteiger partial charge on any atom is 0.229 e. The number of hydrogen-bond acceptors (Lipinski definition) is 7. The fourth-order valence-corrected chi connectivity index (χ4v) is 5.78. The summed E-state index contributed by atoms with van der Waals surface area (Å²) >= 11 is 0. The fourth-order valence-electron chi connectivity index (χ4n) is 5.78. The third-order valence-corrected chi connectivity index (χ3v) is 8.29. The van der Waals surface area contributed by atoms with Crippen molar-refractivity contribution in [3.05, 3.63) is 181 Å². The number of rotatable bonds is 18. The van der Waals surface area contributed by atoms with Crippen molar-refractivity contribution >= 4 is 0 Å². The van der Waals surface area contributed by atoms with Crippen LogP contribution < -0.4 is 9.47 Å². The molecule has 5 aromatic carbocycles. The lowest BCUT2D eigenvalue weighted by atomic mass is 9.97. The van der Waals surface area contributed by atoms with Gasteiger partial charge in [0.05, 0.1) is 33.0 Å². The minimum Gasteiger partial charge on any atom is -0.486 e. The summed E-state index contributed by atoms with van der Waals surface area (Å²) in [7, 11) is 0. The quantitative estimate of drug-likeness (QED) is 0.0868. The van der Waals surface area contributed by atoms with Crippen molar-refractivity contribution in [3.63, 3.8) is 0 Å². The number of ether oxygens (including phenoxy) is 7. The van der Waals surface area contributed by atoms with Crippen molar-refractivity contribution < 1.29 is 33.2 Å². The van der Waals surface area contributed by atoms with Gasteiger partial charge in [-0.1, -0.05) is 146 Å². The first-order chi connectivity index (χ1) is 24.8. The lowest BCUT2D eigenvalue weighted by Crippen LogP contribution is -2.62. The zero-order chi connectivity index (χ0) is 34.2. The van der Waals surface area contributed by atoms with Crippen LogP contribution in [0.5, 0.6) is 11.5 Å². The molecular formula is C43H44O7. The van der Waals surface area contributed by atoms with E-state index in [-0.39, 0.29) is 6.61 Å². The van der Waals surface area contributed by atoms with Crippen LogP contribution >= 0.6 is 0 Å². The monoisotopic (exact) mass is 672 g/mol. The molecule has 0 bridgehead atoms. The molecular weight excluding hydrogens is 628 g/mol. The highest BCUT2D eigenvalue weighted by Gasteiger charge is 2.50. The highest BCUT2D eigenvalue weighted by atomic mass is 16.7. The third-order valence-electron chi connectivity index (χ3n) is 8.29. The van der Waals surface area contributed by atoms with Crippen molar-refractivity contribution in [2.45, 2.75) is 57.1 Å². The Balaban J connectivity index is 1.34. The van der Waals surface area contributed by atoms with Crippen molar-refractivity contribution in [1.29, 1.82) is 0 Å². The van der Waals surface area contributed by atoms with Crippen molar-refractivity contribution in [1.82, 2.24) is 0 Å². The molecule has 0 aliphatic carbocycles. The zero-order valence-electron chi connectivity index (χ0n) is 28.1. The first kappa shape index (κ1) is 35.1. The Morgan fingerprint density at radius 3 is 1.46 bits per heavy atom. The van der Waals surface area contributed by atoms with Gasteiger partial charge in [-0.05, 0) is 34.4 Å². The van der Waals surface area contributed by atoms with Crippen molar-refractivity contribution in [2.75, 3.05) is 13.2 Å². The van der Waals surface area contributed by atoms with E-state index in [0.29, 0.717) is 44.5 Å². The van der Waals surface area contributed by atoms with Crippen LogP contribution in [-0.4, -0.2) is 43.9 Å². The SMILES string of the molecule is C=CCOc1ccccc1O[C@H]1O[C@H](COCc2ccccc2)[C@@H](OCc2ccccc2)[C@H](OCc2ccccc2)[C@@H]1OCc1ccccc1. The Morgan fingerprint density at radius 2 is 0.940 bits per heavy atom. The Morgan fingerprint density at radius 1 is 0.500 bits per heavy atom. The van der Waals surface area contributed by atoms with Gasteiger partial charge in [0, 0.05) is 0 Å². The molecule has 1 aliphatic heterocycles. The molecule has 50 heavy (non-hydrogen) atoms. The van der Waals surface area contributed by atoms with Gasteiger partial charge in [0.2, 0.25) is 6.29 Å². The normalized spacial score (nSPS) is 20.2. The lowest BCUT2D eigenvalue weighted by Gasteiger charge is -2.45. The lowest BCUT2D eigenvalue weighted by molar-refractivity contribution is -0.310. The fraction of sp³-hybridized carbons (Fsp3) is 0.256. The molecule has 0 N–H and O–H groups in total. The third kappa shape index (κ3) is 10.1. The molecule has 6 rings (SSSR count). The van der Waals surface area contributed by atoms with E-state index < -0.39 is 30.7 Å². The average molecular weight is 673 g/mol. The van der Waals surface area contributed by atoms with Crippen LogP contribution in [-0.2, 0) is 50.1 Å². The van der Waals surface area contributed by atoms with Gasteiger partial charge in [0.1, 0.15) is 31.0 Å². The predicted molar refractivity (Wildman–Crippen MR) is 193 cm³/mol. The molecule has 258 valence electrons. The Kier molecular flexibility index (Phi) is 13.2.